The number of imidazole rings is 2. The second kappa shape index (κ2) is 14.9. The number of benzene rings is 2. The zero-order chi connectivity index (χ0) is 41.0. The summed E-state index contributed by atoms with van der Waals surface area (Å²) in [6, 6.07) is 15.2. The highest BCUT2D eigenvalue weighted by atomic mass is 79.9. The summed E-state index contributed by atoms with van der Waals surface area (Å²) in [6.07, 6.45) is 0.258. The van der Waals surface area contributed by atoms with Gasteiger partial charge in [0.2, 0.25) is 0 Å². The van der Waals surface area contributed by atoms with Gasteiger partial charge in [-0.05, 0) is 64.8 Å². The minimum atomic E-state index is -0.961. The fourth-order valence-electron chi connectivity index (χ4n) is 7.40. The van der Waals surface area contributed by atoms with Crippen LogP contribution in [0.4, 0.5) is 5.69 Å². The largest absolute Gasteiger partial charge is 0.342 e. The minimum Gasteiger partial charge on any atom is -0.342 e. The Morgan fingerprint density at radius 3 is 1.86 bits per heavy atom. The third kappa shape index (κ3) is 6.38. The van der Waals surface area contributed by atoms with E-state index in [-0.39, 0.29) is 60.8 Å². The van der Waals surface area contributed by atoms with Crippen molar-refractivity contribution in [1.29, 1.82) is 0 Å². The predicted octanol–water partition coefficient (Wildman–Crippen LogP) is 3.65. The van der Waals surface area contributed by atoms with Crippen LogP contribution in [0.15, 0.2) is 82.2 Å². The molecule has 8 rings (SSSR count). The van der Waals surface area contributed by atoms with E-state index in [0.29, 0.717) is 26.5 Å². The van der Waals surface area contributed by atoms with E-state index in [1.807, 2.05) is 55.5 Å². The molecule has 5 aromatic heterocycles. The van der Waals surface area contributed by atoms with Gasteiger partial charge >= 0.3 is 11.4 Å². The van der Waals surface area contributed by atoms with Gasteiger partial charge in [0.1, 0.15) is 11.7 Å². The topological polar surface area (TPSA) is 174 Å². The molecular weight excluding hydrogens is 872 g/mol. The Morgan fingerprint density at radius 1 is 0.707 bits per heavy atom. The Labute approximate surface area is 346 Å². The molecule has 1 N–H and O–H groups in total. The fraction of sp³-hybridized carbons (Fsp3) is 0.275. The van der Waals surface area contributed by atoms with E-state index in [1.54, 1.807) is 37.1 Å². The second-order valence-corrected chi connectivity index (χ2v) is 15.3. The van der Waals surface area contributed by atoms with Crippen molar-refractivity contribution in [2.45, 2.75) is 58.9 Å². The number of hydrogen-bond donors (Lipinski definition) is 1. The lowest BCUT2D eigenvalue weighted by Gasteiger charge is -2.34. The molecule has 1 atom stereocenters. The van der Waals surface area contributed by atoms with Gasteiger partial charge in [-0.1, -0.05) is 48.2 Å². The number of aliphatic imine (C=N–C) groups is 1. The Bertz CT molecular complexity index is 3290. The van der Waals surface area contributed by atoms with Crippen molar-refractivity contribution in [2.24, 2.45) is 19.1 Å². The number of amidine groups is 1. The number of hydrogen-bond acceptors (Lipinski definition) is 10. The average Bonchev–Trinajstić information content (AvgIpc) is 3.73. The summed E-state index contributed by atoms with van der Waals surface area (Å²) >= 11 is 6.84. The summed E-state index contributed by atoms with van der Waals surface area (Å²) < 4.78 is 8.92. The molecule has 6 heterocycles. The SMILES string of the molecule is CC#CCn1c(Br)nc2c1c(=O)n(CC1=NC(C)(Cc3nc(Cn4c(=O)c5c(nc(Br)n5CC#CC)n(C)c4=O)nc4ccccc34)c3ccccc3N1)c(=O)n2C. The normalized spacial score (nSPS) is 14.8. The Hall–Kier alpha value is -6.37. The van der Waals surface area contributed by atoms with Gasteiger partial charge in [0.05, 0.1) is 42.9 Å². The van der Waals surface area contributed by atoms with Crippen LogP contribution in [0.5, 0.6) is 0 Å². The summed E-state index contributed by atoms with van der Waals surface area (Å²) in [5.74, 6) is 12.2. The maximum absolute atomic E-state index is 14.1. The number of aryl methyl sites for hydroxylation is 2. The van der Waals surface area contributed by atoms with E-state index in [2.05, 4.69) is 70.8 Å². The van der Waals surface area contributed by atoms with Gasteiger partial charge in [-0.2, -0.15) is 0 Å². The average molecular weight is 907 g/mol. The Kier molecular flexibility index (Phi) is 9.86. The molecule has 0 spiro atoms. The number of aromatic nitrogens is 10. The Balaban J connectivity index is 1.23. The maximum atomic E-state index is 14.1. The quantitative estimate of drug-likeness (QED) is 0.177. The lowest BCUT2D eigenvalue weighted by molar-refractivity contribution is 0.483. The number of halogens is 2. The van der Waals surface area contributed by atoms with E-state index in [0.717, 1.165) is 25.8 Å². The summed E-state index contributed by atoms with van der Waals surface area (Å²) in [7, 11) is 3.13. The zero-order valence-electron chi connectivity index (χ0n) is 32.0. The van der Waals surface area contributed by atoms with E-state index in [4.69, 9.17) is 15.0 Å². The van der Waals surface area contributed by atoms with Crippen molar-refractivity contribution in [3.63, 3.8) is 0 Å². The maximum Gasteiger partial charge on any atom is 0.332 e. The molecule has 0 aliphatic carbocycles. The smallest absolute Gasteiger partial charge is 0.332 e. The molecular formula is C40H34Br2N12O4. The number of nitrogens with one attached hydrogen (secondary N) is 1. The molecule has 0 amide bonds. The highest BCUT2D eigenvalue weighted by molar-refractivity contribution is 9.10. The van der Waals surface area contributed by atoms with Crippen LogP contribution in [-0.2, 0) is 52.2 Å². The molecule has 7 aromatic rings. The molecule has 58 heavy (non-hydrogen) atoms. The molecule has 292 valence electrons. The lowest BCUT2D eigenvalue weighted by Crippen LogP contribution is -2.44. The molecule has 0 radical (unpaired) electrons. The highest BCUT2D eigenvalue weighted by Gasteiger charge is 2.35. The summed E-state index contributed by atoms with van der Waals surface area (Å²) in [5.41, 5.74) is 0.616. The lowest BCUT2D eigenvalue weighted by atomic mass is 9.84. The highest BCUT2D eigenvalue weighted by Crippen LogP contribution is 2.39. The number of nitrogens with zero attached hydrogens (tertiary/aromatic N) is 11. The first-order chi connectivity index (χ1) is 27.8. The van der Waals surface area contributed by atoms with Gasteiger partial charge in [-0.25, -0.2) is 29.5 Å². The van der Waals surface area contributed by atoms with Crippen molar-refractivity contribution in [3.05, 3.63) is 117 Å². The van der Waals surface area contributed by atoms with Gasteiger partial charge in [0.15, 0.2) is 31.8 Å². The third-order valence-corrected chi connectivity index (χ3v) is 11.4. The fourth-order valence-corrected chi connectivity index (χ4v) is 8.35. The van der Waals surface area contributed by atoms with Crippen LogP contribution in [-0.4, -0.2) is 53.2 Å². The Morgan fingerprint density at radius 2 is 1.26 bits per heavy atom. The molecule has 1 unspecified atom stereocenters. The number of para-hydroxylation sites is 2. The first-order valence-electron chi connectivity index (χ1n) is 18.0. The van der Waals surface area contributed by atoms with Crippen LogP contribution in [0.25, 0.3) is 33.2 Å². The van der Waals surface area contributed by atoms with Crippen molar-refractivity contribution in [1.82, 2.24) is 47.3 Å². The summed E-state index contributed by atoms with van der Waals surface area (Å²) in [6.45, 7) is 5.41. The van der Waals surface area contributed by atoms with Crippen LogP contribution in [0.1, 0.15) is 37.9 Å². The third-order valence-electron chi connectivity index (χ3n) is 10.2. The number of anilines is 1. The number of fused-ring (bicyclic) bond motifs is 4. The molecule has 2 aromatic carbocycles. The van der Waals surface area contributed by atoms with Crippen LogP contribution in [0.2, 0.25) is 0 Å². The molecule has 0 saturated carbocycles. The van der Waals surface area contributed by atoms with E-state index < -0.39 is 28.0 Å². The molecule has 0 bridgehead atoms. The van der Waals surface area contributed by atoms with Crippen molar-refractivity contribution in [2.75, 3.05) is 5.32 Å². The molecule has 18 heteroatoms. The molecule has 1 aliphatic heterocycles. The van der Waals surface area contributed by atoms with Crippen LogP contribution >= 0.6 is 31.9 Å². The van der Waals surface area contributed by atoms with Crippen molar-refractivity contribution < 1.29 is 0 Å². The summed E-state index contributed by atoms with van der Waals surface area (Å²) in [4.78, 5) is 79.4. The van der Waals surface area contributed by atoms with E-state index in [1.165, 1.54) is 9.13 Å². The second-order valence-electron chi connectivity index (χ2n) is 13.9. The van der Waals surface area contributed by atoms with Crippen molar-refractivity contribution >= 4 is 76.6 Å². The van der Waals surface area contributed by atoms with E-state index >= 15 is 0 Å². The molecule has 0 fully saturated rings. The molecule has 16 nitrogen and oxygen atoms in total. The minimum absolute atomic E-state index is 0.158. The molecule has 1 aliphatic rings. The van der Waals surface area contributed by atoms with Crippen LogP contribution in [0, 0.1) is 23.7 Å². The van der Waals surface area contributed by atoms with Gasteiger partial charge in [0, 0.05) is 37.2 Å². The number of rotatable bonds is 8. The van der Waals surface area contributed by atoms with Gasteiger partial charge in [-0.15, -0.1) is 11.8 Å². The first-order valence-corrected chi connectivity index (χ1v) is 19.6. The summed E-state index contributed by atoms with van der Waals surface area (Å²) in [5, 5.41) is 4.12. The van der Waals surface area contributed by atoms with Gasteiger partial charge < -0.3 is 14.5 Å². The first kappa shape index (κ1) is 38.5. The standard InChI is InChI=1S/C40H34Br2N12O4/c1-6-8-18-51-30-32(46-36(51)41)49(4)38(57)53(34(30)55)21-28-43-25-16-12-10-14-23(25)27(45-28)20-40(3)24-15-11-13-17-26(24)44-29(48-40)22-54-35(56)31-33(50(5)39(54)58)47-37(42)52(31)19-9-7-2/h10-17H,18-22H2,1-5H3,(H,44,48). The predicted molar refractivity (Wildman–Crippen MR) is 228 cm³/mol. The van der Waals surface area contributed by atoms with Crippen molar-refractivity contribution in [3.8, 4) is 23.7 Å². The van der Waals surface area contributed by atoms with Gasteiger partial charge in [-0.3, -0.25) is 32.8 Å². The van der Waals surface area contributed by atoms with Crippen LogP contribution in [0.3, 0.4) is 0 Å². The van der Waals surface area contributed by atoms with E-state index in [9.17, 15) is 19.2 Å². The van der Waals surface area contributed by atoms with Gasteiger partial charge in [0.25, 0.3) is 11.1 Å². The zero-order valence-corrected chi connectivity index (χ0v) is 35.1. The monoisotopic (exact) mass is 904 g/mol. The molecule has 0 saturated heterocycles. The van der Waals surface area contributed by atoms with Crippen LogP contribution < -0.4 is 27.8 Å².